The molecule has 1 atom stereocenters. The quantitative estimate of drug-likeness (QED) is 0.805. The van der Waals surface area contributed by atoms with E-state index in [1.54, 1.807) is 0 Å². The molecular weight excluding hydrogens is 265 g/mol. The van der Waals surface area contributed by atoms with E-state index in [4.69, 9.17) is 0 Å². The average Bonchev–Trinajstić information content (AvgIpc) is 2.40. The minimum Gasteiger partial charge on any atom is -0.370 e. The summed E-state index contributed by atoms with van der Waals surface area (Å²) in [5.41, 5.74) is 5.79. The average molecular weight is 299 g/mol. The van der Waals surface area contributed by atoms with Gasteiger partial charge in [0.25, 0.3) is 0 Å². The van der Waals surface area contributed by atoms with Crippen LogP contribution in [0.5, 0.6) is 0 Å². The molecule has 0 radical (unpaired) electrons. The number of aryl methyl sites for hydroxylation is 1. The Kier molecular flexibility index (Phi) is 21.9. The van der Waals surface area contributed by atoms with Crippen LogP contribution >= 0.6 is 9.24 Å². The van der Waals surface area contributed by atoms with Crippen molar-refractivity contribution in [3.63, 3.8) is 0 Å². The van der Waals surface area contributed by atoms with Crippen molar-refractivity contribution in [1.29, 1.82) is 0 Å². The zero-order valence-corrected chi connectivity index (χ0v) is 15.5. The van der Waals surface area contributed by atoms with Crippen molar-refractivity contribution >= 4 is 20.5 Å². The first-order chi connectivity index (χ1) is 9.33. The molecular formula is C17H34NOP. The Labute approximate surface area is 128 Å². The number of nitrogens with two attached hydrogens (primary N) is 1. The van der Waals surface area contributed by atoms with Crippen LogP contribution in [0.1, 0.15) is 59.9 Å². The Morgan fingerprint density at radius 3 is 1.80 bits per heavy atom. The second kappa shape index (κ2) is 18.1. The SMILES string of the molecule is CC.CC(N)=O.CCC(C)CC.Cc1cccc(P)c1. The third-order valence-corrected chi connectivity index (χ3v) is 2.80. The number of primary amides is 1. The molecule has 2 N–H and O–H groups in total. The standard InChI is InChI=1S/C7H9P.C6H14.C2H5NO.C2H6/c1-6-3-2-4-7(8)5-6;1-4-6(3)5-2;1-2(3)4;1-2/h2-5H,8H2,1H3;6H,4-5H2,1-3H3;1H3,(H2,3,4);1-2H3. The lowest BCUT2D eigenvalue weighted by atomic mass is 10.1. The monoisotopic (exact) mass is 299 g/mol. The lowest BCUT2D eigenvalue weighted by Gasteiger charge is -1.98. The van der Waals surface area contributed by atoms with Crippen LogP contribution in [-0.2, 0) is 4.79 Å². The molecule has 0 heterocycles. The van der Waals surface area contributed by atoms with Crippen molar-refractivity contribution in [1.82, 2.24) is 0 Å². The van der Waals surface area contributed by atoms with Crippen LogP contribution in [-0.4, -0.2) is 5.91 Å². The number of rotatable bonds is 2. The normalized spacial score (nSPS) is 8.25. The highest BCUT2D eigenvalue weighted by Gasteiger charge is 1.88. The summed E-state index contributed by atoms with van der Waals surface area (Å²) < 4.78 is 0. The molecule has 1 rings (SSSR count). The fourth-order valence-corrected chi connectivity index (χ4v) is 1.33. The minimum absolute atomic E-state index is 0.333. The third-order valence-electron chi connectivity index (χ3n) is 2.44. The molecule has 118 valence electrons. The summed E-state index contributed by atoms with van der Waals surface area (Å²) in [6, 6.07) is 8.34. The van der Waals surface area contributed by atoms with E-state index in [1.165, 1.54) is 30.6 Å². The van der Waals surface area contributed by atoms with Gasteiger partial charge in [0, 0.05) is 6.92 Å². The van der Waals surface area contributed by atoms with Crippen molar-refractivity contribution in [3.8, 4) is 0 Å². The van der Waals surface area contributed by atoms with E-state index in [-0.39, 0.29) is 5.91 Å². The van der Waals surface area contributed by atoms with Gasteiger partial charge in [-0.1, -0.05) is 77.3 Å². The van der Waals surface area contributed by atoms with Crippen LogP contribution in [0.4, 0.5) is 0 Å². The van der Waals surface area contributed by atoms with Crippen molar-refractivity contribution in [2.45, 2.75) is 61.3 Å². The maximum absolute atomic E-state index is 9.22. The molecule has 0 aliphatic carbocycles. The van der Waals surface area contributed by atoms with Gasteiger partial charge in [-0.25, -0.2) is 0 Å². The summed E-state index contributed by atoms with van der Waals surface area (Å²) in [5, 5.41) is 1.25. The molecule has 3 heteroatoms. The highest BCUT2D eigenvalue weighted by molar-refractivity contribution is 7.27. The van der Waals surface area contributed by atoms with Gasteiger partial charge in [-0.2, -0.15) is 0 Å². The first-order valence-electron chi connectivity index (χ1n) is 7.41. The second-order valence-corrected chi connectivity index (χ2v) is 5.11. The van der Waals surface area contributed by atoms with Crippen LogP contribution in [0, 0.1) is 12.8 Å². The first-order valence-corrected chi connectivity index (χ1v) is 7.99. The Morgan fingerprint density at radius 1 is 1.25 bits per heavy atom. The van der Waals surface area contributed by atoms with Gasteiger partial charge in [-0.3, -0.25) is 4.79 Å². The summed E-state index contributed by atoms with van der Waals surface area (Å²) in [7, 11) is 2.66. The second-order valence-electron chi connectivity index (χ2n) is 4.45. The highest BCUT2D eigenvalue weighted by Crippen LogP contribution is 2.02. The van der Waals surface area contributed by atoms with Crippen molar-refractivity contribution in [2.24, 2.45) is 11.7 Å². The van der Waals surface area contributed by atoms with Crippen molar-refractivity contribution in [3.05, 3.63) is 29.8 Å². The maximum Gasteiger partial charge on any atom is 0.214 e. The molecule has 0 saturated carbocycles. The lowest BCUT2D eigenvalue weighted by molar-refractivity contribution is -0.115. The minimum atomic E-state index is -0.333. The zero-order chi connectivity index (χ0) is 16.6. The molecule has 0 saturated heterocycles. The van der Waals surface area contributed by atoms with E-state index in [0.29, 0.717) is 0 Å². The molecule has 0 bridgehead atoms. The van der Waals surface area contributed by atoms with Gasteiger partial charge in [0.1, 0.15) is 0 Å². The molecule has 0 aliphatic rings. The van der Waals surface area contributed by atoms with Crippen LogP contribution < -0.4 is 11.0 Å². The number of hydrogen-bond acceptors (Lipinski definition) is 1. The zero-order valence-electron chi connectivity index (χ0n) is 14.4. The van der Waals surface area contributed by atoms with E-state index in [0.717, 1.165) is 5.92 Å². The lowest BCUT2D eigenvalue weighted by Crippen LogP contribution is -2.01. The molecule has 0 aromatic heterocycles. The summed E-state index contributed by atoms with van der Waals surface area (Å²) in [6.07, 6.45) is 2.66. The van der Waals surface area contributed by atoms with Crippen LogP contribution in [0.2, 0.25) is 0 Å². The summed E-state index contributed by atoms with van der Waals surface area (Å²) in [4.78, 5) is 9.22. The van der Waals surface area contributed by atoms with Gasteiger partial charge < -0.3 is 5.73 Å². The van der Waals surface area contributed by atoms with E-state index in [2.05, 4.69) is 66.9 Å². The largest absolute Gasteiger partial charge is 0.370 e. The number of carbonyl (C=O) groups is 1. The molecule has 1 unspecified atom stereocenters. The number of benzene rings is 1. The van der Waals surface area contributed by atoms with Gasteiger partial charge in [0.15, 0.2) is 0 Å². The first kappa shape index (κ1) is 24.2. The van der Waals surface area contributed by atoms with Crippen molar-refractivity contribution in [2.75, 3.05) is 0 Å². The van der Waals surface area contributed by atoms with Gasteiger partial charge in [-0.05, 0) is 18.1 Å². The van der Waals surface area contributed by atoms with Crippen LogP contribution in [0.15, 0.2) is 24.3 Å². The Bertz CT molecular complexity index is 301. The summed E-state index contributed by atoms with van der Waals surface area (Å²) >= 11 is 0. The van der Waals surface area contributed by atoms with Gasteiger partial charge in [0.2, 0.25) is 5.91 Å². The highest BCUT2D eigenvalue weighted by atomic mass is 31.0. The molecule has 2 nitrogen and oxygen atoms in total. The molecule has 0 fully saturated rings. The fourth-order valence-electron chi connectivity index (χ4n) is 0.959. The molecule has 1 aromatic rings. The van der Waals surface area contributed by atoms with Crippen LogP contribution in [0.25, 0.3) is 0 Å². The van der Waals surface area contributed by atoms with E-state index in [1.807, 2.05) is 13.8 Å². The molecule has 20 heavy (non-hydrogen) atoms. The summed E-state index contributed by atoms with van der Waals surface area (Å²) in [5.74, 6) is 0.602. The smallest absolute Gasteiger partial charge is 0.214 e. The predicted molar refractivity (Wildman–Crippen MR) is 96.5 cm³/mol. The van der Waals surface area contributed by atoms with E-state index < -0.39 is 0 Å². The van der Waals surface area contributed by atoms with Gasteiger partial charge in [0.05, 0.1) is 0 Å². The maximum atomic E-state index is 9.22. The van der Waals surface area contributed by atoms with E-state index in [9.17, 15) is 4.79 Å². The van der Waals surface area contributed by atoms with E-state index >= 15 is 0 Å². The molecule has 0 spiro atoms. The van der Waals surface area contributed by atoms with Crippen LogP contribution in [0.3, 0.4) is 0 Å². The number of amides is 1. The van der Waals surface area contributed by atoms with Gasteiger partial charge >= 0.3 is 0 Å². The molecule has 1 aromatic carbocycles. The molecule has 0 aliphatic heterocycles. The topological polar surface area (TPSA) is 43.1 Å². The predicted octanol–water partition coefficient (Wildman–Crippen LogP) is 4.46. The number of carbonyl (C=O) groups excluding carboxylic acids is 1. The number of hydrogen-bond donors (Lipinski definition) is 1. The summed E-state index contributed by atoms with van der Waals surface area (Å²) in [6.45, 7) is 14.1. The third kappa shape index (κ3) is 25.8. The fraction of sp³-hybridized carbons (Fsp3) is 0.588. The molecule has 1 amide bonds. The Hall–Kier alpha value is -0.880. The Balaban J connectivity index is -0.000000215. The Morgan fingerprint density at radius 2 is 1.65 bits per heavy atom. The van der Waals surface area contributed by atoms with Gasteiger partial charge in [-0.15, -0.1) is 9.24 Å². The van der Waals surface area contributed by atoms with Crippen molar-refractivity contribution < 1.29 is 4.79 Å².